The van der Waals surface area contributed by atoms with Gasteiger partial charge in [0.15, 0.2) is 6.10 Å². The Bertz CT molecular complexity index is 1400. The molecule has 0 radical (unpaired) electrons. The summed E-state index contributed by atoms with van der Waals surface area (Å²) in [5.41, 5.74) is 1.89. The number of carbonyl (C=O) groups excluding carboxylic acids is 3. The highest BCUT2D eigenvalue weighted by molar-refractivity contribution is 5.88. The first-order chi connectivity index (χ1) is 26.6. The summed E-state index contributed by atoms with van der Waals surface area (Å²) in [5.74, 6) is -4.71. The molecule has 0 aromatic heterocycles. The number of ether oxygens (including phenoxy) is 5. The van der Waals surface area contributed by atoms with Crippen LogP contribution in [0.5, 0.6) is 0 Å². The van der Waals surface area contributed by atoms with Gasteiger partial charge in [0.05, 0.1) is 24.4 Å². The number of amides is 1. The van der Waals surface area contributed by atoms with Gasteiger partial charge in [0.25, 0.3) is 5.91 Å². The van der Waals surface area contributed by atoms with Crippen LogP contribution in [0, 0.1) is 29.6 Å². The lowest BCUT2D eigenvalue weighted by Crippen LogP contribution is -2.66. The average molecular weight is 790 g/mol. The third-order valence-electron chi connectivity index (χ3n) is 12.9. The second-order valence-corrected chi connectivity index (χ2v) is 17.3. The molecule has 0 aromatic carbocycles. The molecule has 3 fully saturated rings. The van der Waals surface area contributed by atoms with Gasteiger partial charge in [-0.15, -0.1) is 6.58 Å². The number of aliphatic hydroxyl groups is 3. The van der Waals surface area contributed by atoms with Crippen LogP contribution in [0.25, 0.3) is 0 Å². The van der Waals surface area contributed by atoms with Gasteiger partial charge >= 0.3 is 5.97 Å². The van der Waals surface area contributed by atoms with Crippen LogP contribution in [0.3, 0.4) is 0 Å². The maximum atomic E-state index is 14.3. The van der Waals surface area contributed by atoms with Crippen molar-refractivity contribution in [1.29, 1.82) is 0 Å². The van der Waals surface area contributed by atoms with Crippen molar-refractivity contribution in [2.75, 3.05) is 27.9 Å². The molecule has 3 aliphatic heterocycles. The number of fused-ring (bicyclic) bond motifs is 3. The smallest absolute Gasteiger partial charge is 0.329 e. The number of cyclic esters (lactones) is 1. The van der Waals surface area contributed by atoms with Gasteiger partial charge in [0.2, 0.25) is 5.79 Å². The van der Waals surface area contributed by atoms with Crippen molar-refractivity contribution in [3.8, 4) is 0 Å². The lowest BCUT2D eigenvalue weighted by molar-refractivity contribution is -0.346. The first kappa shape index (κ1) is 46.2. The quantitative estimate of drug-likeness (QED) is 0.222. The van der Waals surface area contributed by atoms with Crippen molar-refractivity contribution < 1.29 is 53.4 Å². The number of aliphatic hydroxyl groups excluding tert-OH is 2. The summed E-state index contributed by atoms with van der Waals surface area (Å²) in [5, 5.41) is 34.3. The van der Waals surface area contributed by atoms with Crippen molar-refractivity contribution in [1.82, 2.24) is 4.90 Å². The highest BCUT2D eigenvalue weighted by Gasteiger charge is 2.56. The molecule has 12 heteroatoms. The number of piperidine rings is 1. The zero-order valence-corrected chi connectivity index (χ0v) is 35.2. The van der Waals surface area contributed by atoms with Gasteiger partial charge in [-0.25, -0.2) is 4.79 Å². The molecule has 2 bridgehead atoms. The van der Waals surface area contributed by atoms with Crippen molar-refractivity contribution >= 4 is 17.7 Å². The minimum atomic E-state index is -2.28. The summed E-state index contributed by atoms with van der Waals surface area (Å²) in [6, 6.07) is -0.991. The topological polar surface area (TPSA) is 161 Å². The third-order valence-corrected chi connectivity index (χ3v) is 12.9. The van der Waals surface area contributed by atoms with Crippen LogP contribution in [0.2, 0.25) is 0 Å². The van der Waals surface area contributed by atoms with Gasteiger partial charge in [-0.1, -0.05) is 44.6 Å². The number of esters is 1. The molecule has 14 atom stereocenters. The largest absolute Gasteiger partial charge is 0.456 e. The molecule has 0 aromatic rings. The molecular formula is C44H71NO11. The lowest BCUT2D eigenvalue weighted by Gasteiger charge is -2.49. The predicted molar refractivity (Wildman–Crippen MR) is 212 cm³/mol. The standard InChI is InChI=1S/C44H71NO11/c1-10-13-32-21-26(2)20-27(3)22-37(53-8)40-38(54-9)24-30(6)44(51,56-40)41(48)42(49)45-19-12-11-14-33(45)43(50)55-39(28(4)15-17-34(32)46)29(5)23-31-16-18-35(47)36(25-31)52-7/h10,21,23,27-28,30-33,35-41,47-48,51H,1,11-20,22,24-25H2,2-9H3. The van der Waals surface area contributed by atoms with Crippen LogP contribution >= 0.6 is 0 Å². The number of nitrogens with zero attached hydrogens (tertiary/aromatic N) is 1. The Labute approximate surface area is 335 Å². The number of carbonyl (C=O) groups is 3. The lowest BCUT2D eigenvalue weighted by atomic mass is 9.81. The van der Waals surface area contributed by atoms with Crippen LogP contribution in [-0.2, 0) is 38.1 Å². The molecule has 3 N–H and O–H groups in total. The fraction of sp³-hybridized carbons (Fsp3) is 0.795. The van der Waals surface area contributed by atoms with Crippen molar-refractivity contribution in [3.63, 3.8) is 0 Å². The summed E-state index contributed by atoms with van der Waals surface area (Å²) in [4.78, 5) is 43.8. The fourth-order valence-electron chi connectivity index (χ4n) is 9.58. The zero-order chi connectivity index (χ0) is 41.3. The number of Topliss-reactive ketones (excluding diaryl/α,β-unsaturated/α-hetero) is 1. The molecule has 14 unspecified atom stereocenters. The highest BCUT2D eigenvalue weighted by Crippen LogP contribution is 2.40. The normalized spacial score (nSPS) is 40.5. The number of ketones is 1. The van der Waals surface area contributed by atoms with E-state index in [2.05, 4.69) is 19.6 Å². The first-order valence-electron chi connectivity index (χ1n) is 20.9. The second-order valence-electron chi connectivity index (χ2n) is 17.3. The van der Waals surface area contributed by atoms with E-state index < -0.39 is 66.2 Å². The van der Waals surface area contributed by atoms with Crippen LogP contribution in [0.1, 0.15) is 112 Å². The van der Waals surface area contributed by atoms with Crippen LogP contribution in [0.4, 0.5) is 0 Å². The van der Waals surface area contributed by atoms with Gasteiger partial charge < -0.3 is 43.9 Å². The molecule has 4 rings (SSSR count). The number of hydrogen-bond donors (Lipinski definition) is 3. The zero-order valence-electron chi connectivity index (χ0n) is 35.2. The molecule has 0 spiro atoms. The molecule has 1 aliphatic carbocycles. The van der Waals surface area contributed by atoms with Crippen LogP contribution < -0.4 is 0 Å². The number of hydrogen-bond acceptors (Lipinski definition) is 11. The van der Waals surface area contributed by atoms with E-state index in [0.29, 0.717) is 64.2 Å². The fourth-order valence-corrected chi connectivity index (χ4v) is 9.58. The van der Waals surface area contributed by atoms with E-state index in [9.17, 15) is 29.7 Å². The van der Waals surface area contributed by atoms with E-state index in [1.807, 2.05) is 26.8 Å². The first-order valence-corrected chi connectivity index (χ1v) is 20.9. The number of allylic oxidation sites excluding steroid dienone is 4. The van der Waals surface area contributed by atoms with Gasteiger partial charge in [0, 0.05) is 46.1 Å². The van der Waals surface area contributed by atoms with Crippen LogP contribution in [0.15, 0.2) is 36.0 Å². The Kier molecular flexibility index (Phi) is 17.3. The summed E-state index contributed by atoms with van der Waals surface area (Å²) >= 11 is 0. The maximum Gasteiger partial charge on any atom is 0.329 e. The molecule has 12 nitrogen and oxygen atoms in total. The Hall–Kier alpha value is -2.45. The maximum absolute atomic E-state index is 14.3. The van der Waals surface area contributed by atoms with E-state index in [4.69, 9.17) is 23.7 Å². The second kappa shape index (κ2) is 21.0. The Morgan fingerprint density at radius 2 is 1.64 bits per heavy atom. The van der Waals surface area contributed by atoms with Crippen molar-refractivity contribution in [2.24, 2.45) is 29.6 Å². The number of rotatable bonds is 7. The summed E-state index contributed by atoms with van der Waals surface area (Å²) in [6.45, 7) is 13.9. The minimum absolute atomic E-state index is 0.0873. The summed E-state index contributed by atoms with van der Waals surface area (Å²) in [6.07, 6.45) is 6.90. The molecule has 1 saturated carbocycles. The Morgan fingerprint density at radius 3 is 2.30 bits per heavy atom. The van der Waals surface area contributed by atoms with Crippen molar-refractivity contribution in [2.45, 2.75) is 166 Å². The molecule has 4 aliphatic rings. The van der Waals surface area contributed by atoms with Gasteiger partial charge in [0.1, 0.15) is 24.0 Å². The minimum Gasteiger partial charge on any atom is -0.456 e. The molecular weight excluding hydrogens is 718 g/mol. The van der Waals surface area contributed by atoms with Gasteiger partial charge in [-0.05, 0) is 108 Å². The van der Waals surface area contributed by atoms with Gasteiger partial charge in [-0.3, -0.25) is 9.59 Å². The Morgan fingerprint density at radius 1 is 0.964 bits per heavy atom. The Balaban J connectivity index is 1.74. The average Bonchev–Trinajstić information content (AvgIpc) is 3.18. The molecule has 2 saturated heterocycles. The van der Waals surface area contributed by atoms with Crippen LogP contribution in [-0.4, -0.2) is 120 Å². The van der Waals surface area contributed by atoms with E-state index in [-0.39, 0.29) is 48.5 Å². The number of methoxy groups -OCH3 is 3. The van der Waals surface area contributed by atoms with E-state index in [0.717, 1.165) is 17.6 Å². The molecule has 1 amide bonds. The molecule has 56 heavy (non-hydrogen) atoms. The van der Waals surface area contributed by atoms with Gasteiger partial charge in [-0.2, -0.15) is 0 Å². The highest BCUT2D eigenvalue weighted by atomic mass is 16.7. The van der Waals surface area contributed by atoms with E-state index in [1.54, 1.807) is 34.3 Å². The van der Waals surface area contributed by atoms with E-state index in [1.165, 1.54) is 4.90 Å². The molecule has 318 valence electrons. The SMILES string of the molecule is C=CCC1C=C(C)CC(C)CC(OC)C2OC(O)(C(C)CC2OC)C(O)C(=O)N2CCCCC2C(=O)OC(C(C)=CC2CCC(O)C(OC)C2)C(C)CCC1=O. The summed E-state index contributed by atoms with van der Waals surface area (Å²) < 4.78 is 30.1. The third kappa shape index (κ3) is 11.2. The van der Waals surface area contributed by atoms with E-state index >= 15 is 0 Å². The van der Waals surface area contributed by atoms with Crippen molar-refractivity contribution in [3.05, 3.63) is 36.0 Å². The summed E-state index contributed by atoms with van der Waals surface area (Å²) in [7, 11) is 4.73. The monoisotopic (exact) mass is 790 g/mol. The predicted octanol–water partition coefficient (Wildman–Crippen LogP) is 5.46. The molecule has 3 heterocycles.